The molecule has 0 radical (unpaired) electrons. The summed E-state index contributed by atoms with van der Waals surface area (Å²) in [5.41, 5.74) is 5.56. The third-order valence-corrected chi connectivity index (χ3v) is 1.46. The zero-order valence-electron chi connectivity index (χ0n) is 5.32. The predicted molar refractivity (Wildman–Crippen MR) is 32.3 cm³/mol. The Morgan fingerprint density at radius 2 is 2.12 bits per heavy atom. The first-order valence-corrected chi connectivity index (χ1v) is 2.80. The number of hydrogen-bond acceptors (Lipinski definition) is 2. The topological polar surface area (TPSA) is 21.3 Å². The lowest BCUT2D eigenvalue weighted by Gasteiger charge is -2.14. The fraction of sp³-hybridized carbons (Fsp3) is 0.667. The lowest BCUT2D eigenvalue weighted by molar-refractivity contribution is 0.0532. The highest BCUT2D eigenvalue weighted by Gasteiger charge is 2.02. The van der Waals surface area contributed by atoms with E-state index in [2.05, 4.69) is 19.3 Å². The standard InChI is InChI=1S/C6H11NO/c1-5-3-7-8-4-6(5)2/h7H,3-4H2,1-2H3. The van der Waals surface area contributed by atoms with E-state index in [9.17, 15) is 0 Å². The molecule has 0 aromatic carbocycles. The molecule has 0 atom stereocenters. The van der Waals surface area contributed by atoms with Crippen LogP contribution in [0.5, 0.6) is 0 Å². The average molecular weight is 113 g/mol. The van der Waals surface area contributed by atoms with Crippen LogP contribution in [0.4, 0.5) is 0 Å². The van der Waals surface area contributed by atoms with E-state index in [1.54, 1.807) is 0 Å². The van der Waals surface area contributed by atoms with Crippen molar-refractivity contribution in [3.8, 4) is 0 Å². The van der Waals surface area contributed by atoms with E-state index in [-0.39, 0.29) is 0 Å². The summed E-state index contributed by atoms with van der Waals surface area (Å²) in [6.07, 6.45) is 0. The molecule has 0 fully saturated rings. The number of hydroxylamine groups is 1. The normalized spacial score (nSPS) is 21.8. The summed E-state index contributed by atoms with van der Waals surface area (Å²) < 4.78 is 0. The Morgan fingerprint density at radius 3 is 2.50 bits per heavy atom. The summed E-state index contributed by atoms with van der Waals surface area (Å²) in [6, 6.07) is 0. The van der Waals surface area contributed by atoms with Crippen LogP contribution >= 0.6 is 0 Å². The van der Waals surface area contributed by atoms with Gasteiger partial charge in [-0.1, -0.05) is 5.57 Å². The molecule has 2 heteroatoms. The van der Waals surface area contributed by atoms with Gasteiger partial charge in [0.15, 0.2) is 0 Å². The van der Waals surface area contributed by atoms with Crippen molar-refractivity contribution in [2.45, 2.75) is 13.8 Å². The predicted octanol–water partition coefficient (Wildman–Crippen LogP) is 0.858. The maximum absolute atomic E-state index is 4.94. The molecule has 0 bridgehead atoms. The third kappa shape index (κ3) is 1.08. The van der Waals surface area contributed by atoms with Crippen LogP contribution in [0.15, 0.2) is 11.1 Å². The summed E-state index contributed by atoms with van der Waals surface area (Å²) in [7, 11) is 0. The van der Waals surface area contributed by atoms with Gasteiger partial charge in [-0.25, -0.2) is 0 Å². The van der Waals surface area contributed by atoms with Gasteiger partial charge in [0.05, 0.1) is 6.61 Å². The van der Waals surface area contributed by atoms with Crippen molar-refractivity contribution in [2.24, 2.45) is 0 Å². The van der Waals surface area contributed by atoms with Crippen LogP contribution in [0, 0.1) is 0 Å². The van der Waals surface area contributed by atoms with Gasteiger partial charge in [-0.05, 0) is 19.4 Å². The molecule has 0 aromatic rings. The smallest absolute Gasteiger partial charge is 0.0893 e. The van der Waals surface area contributed by atoms with Gasteiger partial charge in [0.2, 0.25) is 0 Å². The van der Waals surface area contributed by atoms with Crippen LogP contribution in [0.2, 0.25) is 0 Å². The Hall–Kier alpha value is -0.340. The number of nitrogens with one attached hydrogen (secondary N) is 1. The zero-order valence-corrected chi connectivity index (χ0v) is 5.32. The first kappa shape index (κ1) is 5.79. The Labute approximate surface area is 49.5 Å². The molecule has 0 amide bonds. The van der Waals surface area contributed by atoms with Gasteiger partial charge in [0.25, 0.3) is 0 Å². The minimum absolute atomic E-state index is 0.742. The molecule has 0 aromatic heterocycles. The Bertz CT molecular complexity index is 104. The maximum Gasteiger partial charge on any atom is 0.0893 e. The Morgan fingerprint density at radius 1 is 1.38 bits per heavy atom. The summed E-state index contributed by atoms with van der Waals surface area (Å²) in [6.45, 7) is 5.83. The highest BCUT2D eigenvalue weighted by atomic mass is 16.6. The molecule has 1 rings (SSSR count). The molecule has 1 aliphatic rings. The van der Waals surface area contributed by atoms with Gasteiger partial charge >= 0.3 is 0 Å². The monoisotopic (exact) mass is 113 g/mol. The van der Waals surface area contributed by atoms with E-state index >= 15 is 0 Å². The summed E-state index contributed by atoms with van der Waals surface area (Å²) >= 11 is 0. The molecule has 0 aliphatic carbocycles. The van der Waals surface area contributed by atoms with Crippen LogP contribution in [-0.2, 0) is 4.84 Å². The van der Waals surface area contributed by atoms with Gasteiger partial charge in [-0.15, -0.1) is 0 Å². The largest absolute Gasteiger partial charge is 0.297 e. The van der Waals surface area contributed by atoms with E-state index in [1.807, 2.05) is 0 Å². The van der Waals surface area contributed by atoms with Gasteiger partial charge < -0.3 is 0 Å². The quantitative estimate of drug-likeness (QED) is 0.470. The average Bonchev–Trinajstić information content (AvgIpc) is 1.77. The minimum atomic E-state index is 0.742. The molecule has 46 valence electrons. The molecule has 1 heterocycles. The van der Waals surface area contributed by atoms with Crippen LogP contribution in [0.25, 0.3) is 0 Å². The maximum atomic E-state index is 4.94. The number of rotatable bonds is 0. The van der Waals surface area contributed by atoms with Crippen molar-refractivity contribution in [3.05, 3.63) is 11.1 Å². The van der Waals surface area contributed by atoms with Gasteiger partial charge in [-0.2, -0.15) is 5.48 Å². The summed E-state index contributed by atoms with van der Waals surface area (Å²) in [5.74, 6) is 0. The highest BCUT2D eigenvalue weighted by Crippen LogP contribution is 2.05. The van der Waals surface area contributed by atoms with Crippen molar-refractivity contribution in [1.82, 2.24) is 5.48 Å². The third-order valence-electron chi connectivity index (χ3n) is 1.46. The fourth-order valence-corrected chi connectivity index (χ4v) is 0.593. The SMILES string of the molecule is CC1=C(C)CONC1. The van der Waals surface area contributed by atoms with Crippen LogP contribution in [0.1, 0.15) is 13.8 Å². The molecular weight excluding hydrogens is 102 g/mol. The second kappa shape index (κ2) is 2.29. The fourth-order valence-electron chi connectivity index (χ4n) is 0.593. The summed E-state index contributed by atoms with van der Waals surface area (Å²) in [5, 5.41) is 0. The molecule has 0 unspecified atom stereocenters. The van der Waals surface area contributed by atoms with Crippen molar-refractivity contribution in [2.75, 3.05) is 13.2 Å². The second-order valence-electron chi connectivity index (χ2n) is 2.17. The molecule has 1 aliphatic heterocycles. The highest BCUT2D eigenvalue weighted by molar-refractivity contribution is 5.12. The first-order valence-electron chi connectivity index (χ1n) is 2.80. The van der Waals surface area contributed by atoms with E-state index < -0.39 is 0 Å². The van der Waals surface area contributed by atoms with Crippen molar-refractivity contribution in [1.29, 1.82) is 0 Å². The van der Waals surface area contributed by atoms with Gasteiger partial charge in [0, 0.05) is 6.54 Å². The van der Waals surface area contributed by atoms with Crippen LogP contribution in [-0.4, -0.2) is 13.2 Å². The van der Waals surface area contributed by atoms with E-state index in [4.69, 9.17) is 4.84 Å². The van der Waals surface area contributed by atoms with Crippen molar-refractivity contribution >= 4 is 0 Å². The molecular formula is C6H11NO. The van der Waals surface area contributed by atoms with E-state index in [0.29, 0.717) is 0 Å². The lowest BCUT2D eigenvalue weighted by atomic mass is 10.1. The zero-order chi connectivity index (χ0) is 5.98. The number of hydrogen-bond donors (Lipinski definition) is 1. The molecule has 1 N–H and O–H groups in total. The molecule has 0 saturated carbocycles. The van der Waals surface area contributed by atoms with Gasteiger partial charge in [-0.3, -0.25) is 4.84 Å². The van der Waals surface area contributed by atoms with E-state index in [0.717, 1.165) is 13.2 Å². The van der Waals surface area contributed by atoms with E-state index in [1.165, 1.54) is 11.1 Å². The molecule has 8 heavy (non-hydrogen) atoms. The second-order valence-corrected chi connectivity index (χ2v) is 2.17. The van der Waals surface area contributed by atoms with Crippen molar-refractivity contribution < 1.29 is 4.84 Å². The lowest BCUT2D eigenvalue weighted by Crippen LogP contribution is -2.24. The molecule has 0 spiro atoms. The first-order chi connectivity index (χ1) is 3.80. The summed E-state index contributed by atoms with van der Waals surface area (Å²) in [4.78, 5) is 4.94. The Balaban J connectivity index is 2.60. The van der Waals surface area contributed by atoms with Crippen LogP contribution in [0.3, 0.4) is 0 Å². The Kier molecular flexibility index (Phi) is 1.65. The minimum Gasteiger partial charge on any atom is -0.297 e. The molecule has 0 saturated heterocycles. The van der Waals surface area contributed by atoms with Crippen molar-refractivity contribution in [3.63, 3.8) is 0 Å². The van der Waals surface area contributed by atoms with Crippen LogP contribution < -0.4 is 5.48 Å². The van der Waals surface area contributed by atoms with Gasteiger partial charge in [0.1, 0.15) is 0 Å². The molecule has 2 nitrogen and oxygen atoms in total.